The standard InChI is InChI=1S/C9H11N5/c10-9-7-12-6-4-8(9)3-1-2-5-13-14-11/h1,3-4,6-7H,2,5,10H2. The molecule has 0 aliphatic rings. The summed E-state index contributed by atoms with van der Waals surface area (Å²) in [5, 5.41) is 3.41. The first-order chi connectivity index (χ1) is 6.84. The predicted molar refractivity (Wildman–Crippen MR) is 56.3 cm³/mol. The summed E-state index contributed by atoms with van der Waals surface area (Å²) in [6.07, 6.45) is 7.81. The molecule has 0 unspecified atom stereocenters. The molecule has 0 saturated heterocycles. The van der Waals surface area contributed by atoms with Crippen molar-refractivity contribution >= 4 is 11.8 Å². The average molecular weight is 189 g/mol. The third-order valence-corrected chi connectivity index (χ3v) is 1.64. The van der Waals surface area contributed by atoms with Gasteiger partial charge >= 0.3 is 0 Å². The molecular weight excluding hydrogens is 178 g/mol. The van der Waals surface area contributed by atoms with Gasteiger partial charge in [-0.25, -0.2) is 0 Å². The van der Waals surface area contributed by atoms with Crippen LogP contribution in [0.2, 0.25) is 0 Å². The molecule has 0 radical (unpaired) electrons. The SMILES string of the molecule is [N-]=[N+]=NCCC=Cc1ccncc1N. The van der Waals surface area contributed by atoms with Gasteiger partial charge in [0.1, 0.15) is 0 Å². The fourth-order valence-corrected chi connectivity index (χ4v) is 0.957. The third-order valence-electron chi connectivity index (χ3n) is 1.64. The molecule has 1 aromatic heterocycles. The van der Waals surface area contributed by atoms with Crippen molar-refractivity contribution in [1.29, 1.82) is 0 Å². The zero-order chi connectivity index (χ0) is 10.2. The summed E-state index contributed by atoms with van der Waals surface area (Å²) >= 11 is 0. The summed E-state index contributed by atoms with van der Waals surface area (Å²) in [5.74, 6) is 0. The molecule has 1 rings (SSSR count). The fourth-order valence-electron chi connectivity index (χ4n) is 0.957. The molecule has 72 valence electrons. The lowest BCUT2D eigenvalue weighted by atomic mass is 10.2. The van der Waals surface area contributed by atoms with Crippen molar-refractivity contribution in [3.05, 3.63) is 40.5 Å². The maximum Gasteiger partial charge on any atom is 0.0574 e. The van der Waals surface area contributed by atoms with Crippen LogP contribution in [-0.4, -0.2) is 11.5 Å². The van der Waals surface area contributed by atoms with Gasteiger partial charge in [-0.1, -0.05) is 17.3 Å². The Morgan fingerprint density at radius 2 is 2.50 bits per heavy atom. The van der Waals surface area contributed by atoms with Crippen LogP contribution in [0, 0.1) is 0 Å². The van der Waals surface area contributed by atoms with Crippen LogP contribution in [0.3, 0.4) is 0 Å². The minimum absolute atomic E-state index is 0.470. The Morgan fingerprint density at radius 3 is 3.21 bits per heavy atom. The van der Waals surface area contributed by atoms with E-state index in [-0.39, 0.29) is 0 Å². The second kappa shape index (κ2) is 5.61. The van der Waals surface area contributed by atoms with E-state index in [1.807, 2.05) is 18.2 Å². The van der Waals surface area contributed by atoms with Gasteiger partial charge in [0.05, 0.1) is 11.9 Å². The summed E-state index contributed by atoms with van der Waals surface area (Å²) in [5.41, 5.74) is 15.3. The van der Waals surface area contributed by atoms with Crippen molar-refractivity contribution in [3.63, 3.8) is 0 Å². The second-order valence-corrected chi connectivity index (χ2v) is 2.65. The first kappa shape index (κ1) is 10.1. The van der Waals surface area contributed by atoms with Crippen LogP contribution < -0.4 is 5.73 Å². The molecule has 0 spiro atoms. The number of nitrogen functional groups attached to an aromatic ring is 1. The van der Waals surface area contributed by atoms with Crippen LogP contribution in [-0.2, 0) is 0 Å². The number of rotatable bonds is 4. The maximum atomic E-state index is 8.03. The summed E-state index contributed by atoms with van der Waals surface area (Å²) in [7, 11) is 0. The van der Waals surface area contributed by atoms with Crippen molar-refractivity contribution < 1.29 is 0 Å². The zero-order valence-electron chi connectivity index (χ0n) is 7.67. The number of nitrogens with zero attached hydrogens (tertiary/aromatic N) is 4. The normalized spacial score (nSPS) is 10.0. The van der Waals surface area contributed by atoms with Crippen LogP contribution in [0.5, 0.6) is 0 Å². The molecular formula is C9H11N5. The molecule has 0 aromatic carbocycles. The van der Waals surface area contributed by atoms with Gasteiger partial charge in [-0.05, 0) is 18.0 Å². The van der Waals surface area contributed by atoms with E-state index in [0.29, 0.717) is 18.7 Å². The van der Waals surface area contributed by atoms with Crippen molar-refractivity contribution in [2.24, 2.45) is 5.11 Å². The highest BCUT2D eigenvalue weighted by Gasteiger charge is 1.91. The molecule has 0 saturated carbocycles. The van der Waals surface area contributed by atoms with Crippen molar-refractivity contribution in [2.75, 3.05) is 12.3 Å². The number of nitrogens with two attached hydrogens (primary N) is 1. The first-order valence-electron chi connectivity index (χ1n) is 4.21. The summed E-state index contributed by atoms with van der Waals surface area (Å²) in [6.45, 7) is 0.470. The van der Waals surface area contributed by atoms with Gasteiger partial charge in [0.2, 0.25) is 0 Å². The van der Waals surface area contributed by atoms with E-state index < -0.39 is 0 Å². The van der Waals surface area contributed by atoms with Gasteiger partial charge in [-0.3, -0.25) is 4.98 Å². The average Bonchev–Trinajstić information content (AvgIpc) is 2.20. The number of azide groups is 1. The Labute approximate surface area is 81.9 Å². The summed E-state index contributed by atoms with van der Waals surface area (Å²) in [4.78, 5) is 6.53. The molecule has 0 atom stereocenters. The molecule has 0 amide bonds. The number of hydrogen-bond donors (Lipinski definition) is 1. The van der Waals surface area contributed by atoms with E-state index in [4.69, 9.17) is 11.3 Å². The molecule has 5 heteroatoms. The van der Waals surface area contributed by atoms with E-state index in [1.54, 1.807) is 12.4 Å². The maximum absolute atomic E-state index is 8.03. The van der Waals surface area contributed by atoms with Crippen LogP contribution in [0.4, 0.5) is 5.69 Å². The van der Waals surface area contributed by atoms with Gasteiger partial charge < -0.3 is 5.73 Å². The second-order valence-electron chi connectivity index (χ2n) is 2.65. The van der Waals surface area contributed by atoms with Gasteiger partial charge in [-0.2, -0.15) is 0 Å². The Balaban J connectivity index is 2.51. The highest BCUT2D eigenvalue weighted by atomic mass is 15.1. The molecule has 0 aliphatic carbocycles. The van der Waals surface area contributed by atoms with Crippen LogP contribution in [0.1, 0.15) is 12.0 Å². The highest BCUT2D eigenvalue weighted by molar-refractivity contribution is 5.62. The van der Waals surface area contributed by atoms with Gasteiger partial charge in [0, 0.05) is 23.2 Å². The fraction of sp³-hybridized carbons (Fsp3) is 0.222. The quantitative estimate of drug-likeness (QED) is 0.341. The third kappa shape index (κ3) is 3.16. The lowest BCUT2D eigenvalue weighted by Gasteiger charge is -1.96. The predicted octanol–water partition coefficient (Wildman–Crippen LogP) is 2.38. The molecule has 0 fully saturated rings. The minimum Gasteiger partial charge on any atom is -0.397 e. The molecule has 0 aliphatic heterocycles. The van der Waals surface area contributed by atoms with E-state index in [1.165, 1.54) is 0 Å². The van der Waals surface area contributed by atoms with Crippen molar-refractivity contribution in [3.8, 4) is 0 Å². The molecule has 1 aromatic rings. The minimum atomic E-state index is 0.470. The Hall–Kier alpha value is -2.00. The Morgan fingerprint density at radius 1 is 1.64 bits per heavy atom. The van der Waals surface area contributed by atoms with Gasteiger partial charge in [0.25, 0.3) is 0 Å². The summed E-state index contributed by atoms with van der Waals surface area (Å²) in [6, 6.07) is 1.83. The Kier molecular flexibility index (Phi) is 4.04. The number of pyridine rings is 1. The molecule has 0 bridgehead atoms. The lowest BCUT2D eigenvalue weighted by Crippen LogP contribution is -1.89. The molecule has 2 N–H and O–H groups in total. The summed E-state index contributed by atoms with van der Waals surface area (Å²) < 4.78 is 0. The molecule has 1 heterocycles. The van der Waals surface area contributed by atoms with Crippen molar-refractivity contribution in [1.82, 2.24) is 4.98 Å². The number of anilines is 1. The van der Waals surface area contributed by atoms with E-state index >= 15 is 0 Å². The monoisotopic (exact) mass is 189 g/mol. The highest BCUT2D eigenvalue weighted by Crippen LogP contribution is 2.10. The lowest BCUT2D eigenvalue weighted by molar-refractivity contribution is 0.995. The number of hydrogen-bond acceptors (Lipinski definition) is 3. The topological polar surface area (TPSA) is 87.7 Å². The molecule has 5 nitrogen and oxygen atoms in total. The largest absolute Gasteiger partial charge is 0.397 e. The van der Waals surface area contributed by atoms with Gasteiger partial charge in [-0.15, -0.1) is 0 Å². The zero-order valence-corrected chi connectivity index (χ0v) is 7.67. The van der Waals surface area contributed by atoms with Crippen molar-refractivity contribution in [2.45, 2.75) is 6.42 Å². The smallest absolute Gasteiger partial charge is 0.0574 e. The van der Waals surface area contributed by atoms with Crippen LogP contribution in [0.25, 0.3) is 16.5 Å². The van der Waals surface area contributed by atoms with E-state index in [0.717, 1.165) is 5.56 Å². The Bertz CT molecular complexity index is 365. The van der Waals surface area contributed by atoms with Crippen LogP contribution >= 0.6 is 0 Å². The molecule has 14 heavy (non-hydrogen) atoms. The van der Waals surface area contributed by atoms with Crippen LogP contribution in [0.15, 0.2) is 29.7 Å². The first-order valence-corrected chi connectivity index (χ1v) is 4.21. The van der Waals surface area contributed by atoms with E-state index in [2.05, 4.69) is 15.0 Å². The number of aromatic nitrogens is 1. The van der Waals surface area contributed by atoms with E-state index in [9.17, 15) is 0 Å². The van der Waals surface area contributed by atoms with Gasteiger partial charge in [0.15, 0.2) is 0 Å².